The second-order valence-corrected chi connectivity index (χ2v) is 7.41. The van der Waals surface area contributed by atoms with Gasteiger partial charge in [0.25, 0.3) is 10.0 Å². The molecule has 0 aliphatic carbocycles. The number of rotatable bonds is 8. The van der Waals surface area contributed by atoms with Gasteiger partial charge < -0.3 is 9.42 Å². The fourth-order valence-corrected chi connectivity index (χ4v) is 4.10. The van der Waals surface area contributed by atoms with Crippen molar-refractivity contribution in [1.82, 2.24) is 5.16 Å². The third-order valence-electron chi connectivity index (χ3n) is 3.71. The molecule has 132 valence electrons. The van der Waals surface area contributed by atoms with E-state index in [9.17, 15) is 8.42 Å². The average molecular weight is 351 g/mol. The van der Waals surface area contributed by atoms with Crippen molar-refractivity contribution in [3.8, 4) is 0 Å². The Morgan fingerprint density at radius 1 is 1.08 bits per heavy atom. The minimum atomic E-state index is -3.70. The molecule has 0 aliphatic heterocycles. The molecule has 0 aliphatic rings. The van der Waals surface area contributed by atoms with Crippen LogP contribution in [0.3, 0.4) is 0 Å². The van der Waals surface area contributed by atoms with E-state index in [1.54, 1.807) is 26.0 Å². The molecule has 7 heteroatoms. The first-order valence-electron chi connectivity index (χ1n) is 8.19. The van der Waals surface area contributed by atoms with Gasteiger partial charge in [0.1, 0.15) is 5.69 Å². The zero-order valence-corrected chi connectivity index (χ0v) is 15.5. The van der Waals surface area contributed by atoms with Gasteiger partial charge in [-0.25, -0.2) is 8.42 Å². The Labute approximate surface area is 143 Å². The zero-order chi connectivity index (χ0) is 17.7. The molecule has 1 heterocycles. The van der Waals surface area contributed by atoms with E-state index in [0.29, 0.717) is 11.4 Å². The highest BCUT2D eigenvalue weighted by Crippen LogP contribution is 2.24. The van der Waals surface area contributed by atoms with E-state index in [-0.39, 0.29) is 10.7 Å². The van der Waals surface area contributed by atoms with Gasteiger partial charge in [-0.15, -0.1) is 0 Å². The summed E-state index contributed by atoms with van der Waals surface area (Å²) in [4.78, 5) is 2.40. The lowest BCUT2D eigenvalue weighted by molar-refractivity contribution is 0.390. The second-order valence-electron chi connectivity index (χ2n) is 5.79. The topological polar surface area (TPSA) is 75.4 Å². The van der Waals surface area contributed by atoms with Crippen LogP contribution in [0, 0.1) is 13.8 Å². The highest BCUT2D eigenvalue weighted by atomic mass is 32.2. The molecule has 0 radical (unpaired) electrons. The molecule has 1 aromatic carbocycles. The molecule has 0 saturated heterocycles. The highest BCUT2D eigenvalue weighted by Gasteiger charge is 2.24. The summed E-state index contributed by atoms with van der Waals surface area (Å²) in [5.74, 6) is 0.286. The Balaban J connectivity index is 2.19. The Hall–Kier alpha value is -2.02. The molecule has 0 unspecified atom stereocenters. The predicted molar refractivity (Wildman–Crippen MR) is 96.0 cm³/mol. The second kappa shape index (κ2) is 7.70. The van der Waals surface area contributed by atoms with E-state index in [1.165, 1.54) is 0 Å². The van der Waals surface area contributed by atoms with E-state index in [1.807, 2.05) is 12.1 Å². The Kier molecular flexibility index (Phi) is 5.88. The van der Waals surface area contributed by atoms with Crippen molar-refractivity contribution in [3.63, 3.8) is 0 Å². The van der Waals surface area contributed by atoms with Crippen LogP contribution in [0.5, 0.6) is 0 Å². The summed E-state index contributed by atoms with van der Waals surface area (Å²) in [7, 11) is -3.70. The van der Waals surface area contributed by atoms with E-state index in [0.717, 1.165) is 31.6 Å². The van der Waals surface area contributed by atoms with Gasteiger partial charge in [0.15, 0.2) is 10.7 Å². The number of anilines is 2. The Morgan fingerprint density at radius 2 is 1.67 bits per heavy atom. The lowest BCUT2D eigenvalue weighted by Crippen LogP contribution is -2.24. The first-order valence-corrected chi connectivity index (χ1v) is 9.68. The van der Waals surface area contributed by atoms with Gasteiger partial charge in [-0.3, -0.25) is 4.72 Å². The SMILES string of the molecule is CCCN(CCC)c1ccc(NS(=O)(=O)c2c(C)noc2C)cc1. The van der Waals surface area contributed by atoms with Crippen molar-refractivity contribution < 1.29 is 12.9 Å². The van der Waals surface area contributed by atoms with Crippen LogP contribution in [0.25, 0.3) is 0 Å². The van der Waals surface area contributed by atoms with Crippen LogP contribution in [0.1, 0.15) is 38.1 Å². The largest absolute Gasteiger partial charge is 0.372 e. The maximum absolute atomic E-state index is 12.5. The molecule has 0 saturated carbocycles. The summed E-state index contributed by atoms with van der Waals surface area (Å²) in [6.45, 7) is 9.46. The monoisotopic (exact) mass is 351 g/mol. The van der Waals surface area contributed by atoms with E-state index < -0.39 is 10.0 Å². The lowest BCUT2D eigenvalue weighted by atomic mass is 10.2. The van der Waals surface area contributed by atoms with Crippen LogP contribution < -0.4 is 9.62 Å². The maximum atomic E-state index is 12.5. The summed E-state index contributed by atoms with van der Waals surface area (Å²) in [6.07, 6.45) is 2.14. The average Bonchev–Trinajstić information content (AvgIpc) is 2.87. The van der Waals surface area contributed by atoms with E-state index >= 15 is 0 Å². The van der Waals surface area contributed by atoms with E-state index in [2.05, 4.69) is 28.6 Å². The number of benzene rings is 1. The lowest BCUT2D eigenvalue weighted by Gasteiger charge is -2.24. The molecular formula is C17H25N3O3S. The molecule has 0 fully saturated rings. The fourth-order valence-electron chi connectivity index (χ4n) is 2.71. The number of hydrogen-bond acceptors (Lipinski definition) is 5. The molecule has 0 spiro atoms. The number of aromatic nitrogens is 1. The smallest absolute Gasteiger partial charge is 0.267 e. The summed E-state index contributed by atoms with van der Waals surface area (Å²) in [5, 5.41) is 3.70. The standard InChI is InChI=1S/C17H25N3O3S/c1-5-11-20(12-6-2)16-9-7-15(8-10-16)19-24(21,22)17-13(3)18-23-14(17)4/h7-10,19H,5-6,11-12H2,1-4H3. The van der Waals surface area contributed by atoms with Gasteiger partial charge >= 0.3 is 0 Å². The van der Waals surface area contributed by atoms with Crippen molar-refractivity contribution in [1.29, 1.82) is 0 Å². The van der Waals surface area contributed by atoms with Crippen molar-refractivity contribution in [3.05, 3.63) is 35.7 Å². The van der Waals surface area contributed by atoms with Gasteiger partial charge in [0.05, 0.1) is 0 Å². The normalized spacial score (nSPS) is 11.5. The number of hydrogen-bond donors (Lipinski definition) is 1. The molecule has 1 aromatic heterocycles. The third-order valence-corrected chi connectivity index (χ3v) is 5.33. The number of nitrogens with one attached hydrogen (secondary N) is 1. The van der Waals surface area contributed by atoms with Crippen molar-refractivity contribution in [2.24, 2.45) is 0 Å². The number of nitrogens with zero attached hydrogens (tertiary/aromatic N) is 2. The summed E-state index contributed by atoms with van der Waals surface area (Å²) >= 11 is 0. The highest BCUT2D eigenvalue weighted by molar-refractivity contribution is 7.92. The quantitative estimate of drug-likeness (QED) is 0.784. The molecule has 0 bridgehead atoms. The summed E-state index contributed by atoms with van der Waals surface area (Å²) < 4.78 is 32.5. The maximum Gasteiger partial charge on any atom is 0.267 e. The third kappa shape index (κ3) is 4.08. The molecular weight excluding hydrogens is 326 g/mol. The molecule has 0 amide bonds. The van der Waals surface area contributed by atoms with Crippen LogP contribution in [0.15, 0.2) is 33.7 Å². The Bertz CT molecular complexity index is 741. The van der Waals surface area contributed by atoms with Crippen molar-refractivity contribution in [2.45, 2.75) is 45.4 Å². The molecule has 24 heavy (non-hydrogen) atoms. The van der Waals surface area contributed by atoms with E-state index in [4.69, 9.17) is 4.52 Å². The minimum absolute atomic E-state index is 0.102. The van der Waals surface area contributed by atoms with Crippen LogP contribution in [0.4, 0.5) is 11.4 Å². The molecule has 0 atom stereocenters. The van der Waals surface area contributed by atoms with Crippen LogP contribution in [0.2, 0.25) is 0 Å². The predicted octanol–water partition coefficient (Wildman–Crippen LogP) is 3.72. The van der Waals surface area contributed by atoms with Gasteiger partial charge in [-0.2, -0.15) is 0 Å². The molecule has 6 nitrogen and oxygen atoms in total. The number of sulfonamides is 1. The van der Waals surface area contributed by atoms with Crippen LogP contribution in [-0.2, 0) is 10.0 Å². The Morgan fingerprint density at radius 3 is 2.12 bits per heavy atom. The minimum Gasteiger partial charge on any atom is -0.372 e. The van der Waals surface area contributed by atoms with Crippen molar-refractivity contribution >= 4 is 21.4 Å². The van der Waals surface area contributed by atoms with Crippen molar-refractivity contribution in [2.75, 3.05) is 22.7 Å². The fraction of sp³-hybridized carbons (Fsp3) is 0.471. The van der Waals surface area contributed by atoms with Crippen LogP contribution >= 0.6 is 0 Å². The summed E-state index contributed by atoms with van der Waals surface area (Å²) in [6, 6.07) is 7.44. The van der Waals surface area contributed by atoms with Gasteiger partial charge in [-0.05, 0) is 51.0 Å². The zero-order valence-electron chi connectivity index (χ0n) is 14.7. The first kappa shape index (κ1) is 18.3. The molecule has 1 N–H and O–H groups in total. The van der Waals surface area contributed by atoms with Gasteiger partial charge in [-0.1, -0.05) is 19.0 Å². The van der Waals surface area contributed by atoms with Gasteiger partial charge in [0, 0.05) is 24.5 Å². The summed E-state index contributed by atoms with van der Waals surface area (Å²) in [5.41, 5.74) is 1.97. The molecule has 2 rings (SSSR count). The molecule has 2 aromatic rings. The first-order chi connectivity index (χ1) is 11.4. The number of aryl methyl sites for hydroxylation is 2. The van der Waals surface area contributed by atoms with Crippen LogP contribution in [-0.4, -0.2) is 26.7 Å². The van der Waals surface area contributed by atoms with Gasteiger partial charge in [0.2, 0.25) is 0 Å².